The van der Waals surface area contributed by atoms with Gasteiger partial charge in [0.2, 0.25) is 0 Å². The molecule has 0 heterocycles. The highest BCUT2D eigenvalue weighted by Crippen LogP contribution is 2.19. The van der Waals surface area contributed by atoms with Crippen LogP contribution < -0.4 is 9.47 Å². The van der Waals surface area contributed by atoms with Crippen LogP contribution in [0.3, 0.4) is 0 Å². The molecule has 0 aliphatic rings. The van der Waals surface area contributed by atoms with Crippen LogP contribution in [0.15, 0.2) is 60.7 Å². The van der Waals surface area contributed by atoms with E-state index in [1.165, 1.54) is 0 Å². The maximum Gasteiger partial charge on any atom is 0.333 e. The second-order valence-corrected chi connectivity index (χ2v) is 10.7. The Kier molecular flexibility index (Phi) is 18.9. The molecular formula is C35H49NO9. The first-order valence-electron chi connectivity index (χ1n) is 15.8. The lowest BCUT2D eigenvalue weighted by molar-refractivity contribution is -0.144. The molecule has 2 rings (SSSR count). The Bertz CT molecular complexity index is 1140. The number of carbonyl (C=O) groups excluding carboxylic acids is 3. The van der Waals surface area contributed by atoms with Crippen molar-refractivity contribution in [1.82, 2.24) is 4.90 Å². The first-order valence-corrected chi connectivity index (χ1v) is 15.8. The van der Waals surface area contributed by atoms with E-state index >= 15 is 0 Å². The molecule has 2 aromatic rings. The highest BCUT2D eigenvalue weighted by atomic mass is 16.5. The van der Waals surface area contributed by atoms with Crippen molar-refractivity contribution in [2.45, 2.75) is 58.3 Å². The fourth-order valence-electron chi connectivity index (χ4n) is 4.30. The molecule has 45 heavy (non-hydrogen) atoms. The van der Waals surface area contributed by atoms with E-state index in [4.69, 9.17) is 29.2 Å². The third-order valence-electron chi connectivity index (χ3n) is 6.91. The summed E-state index contributed by atoms with van der Waals surface area (Å²) in [7, 11) is 0. The van der Waals surface area contributed by atoms with Gasteiger partial charge in [-0.25, -0.2) is 4.79 Å². The van der Waals surface area contributed by atoms with Crippen LogP contribution in [0.25, 0.3) is 0 Å². The van der Waals surface area contributed by atoms with E-state index in [0.717, 1.165) is 44.9 Å². The summed E-state index contributed by atoms with van der Waals surface area (Å²) in [6.45, 7) is 8.30. The van der Waals surface area contributed by atoms with Gasteiger partial charge in [0.15, 0.2) is 5.78 Å². The minimum Gasteiger partial charge on any atom is -0.494 e. The standard InChI is InChI=1S/C35H49NO9/c1-28(2)35(41)45-27-9-5-8-25-43-32-16-12-30(13-17-32)34(40)29-10-14-31(15-11-29)42-24-6-3-4-7-26-44-33(39)18-19-36(20-22-37)21-23-38/h10-17,37-38H,1,3-9,18-27H2,2H3. The molecule has 0 spiro atoms. The number of hydrogen-bond donors (Lipinski definition) is 2. The Balaban J connectivity index is 1.56. The summed E-state index contributed by atoms with van der Waals surface area (Å²) < 4.78 is 21.9. The van der Waals surface area contributed by atoms with Crippen LogP contribution in [0.4, 0.5) is 0 Å². The third kappa shape index (κ3) is 16.2. The van der Waals surface area contributed by atoms with Crippen molar-refractivity contribution in [2.75, 3.05) is 59.3 Å². The molecular weight excluding hydrogens is 578 g/mol. The smallest absolute Gasteiger partial charge is 0.333 e. The van der Waals surface area contributed by atoms with Gasteiger partial charge in [0, 0.05) is 36.3 Å². The molecule has 0 saturated carbocycles. The number of esters is 2. The van der Waals surface area contributed by atoms with E-state index in [1.54, 1.807) is 55.5 Å². The van der Waals surface area contributed by atoms with Gasteiger partial charge in [-0.2, -0.15) is 0 Å². The lowest BCUT2D eigenvalue weighted by atomic mass is 10.0. The van der Waals surface area contributed by atoms with E-state index in [1.807, 2.05) is 4.90 Å². The van der Waals surface area contributed by atoms with E-state index in [-0.39, 0.29) is 37.4 Å². The molecule has 0 fully saturated rings. The predicted molar refractivity (Wildman–Crippen MR) is 172 cm³/mol. The Morgan fingerprint density at radius 1 is 0.644 bits per heavy atom. The molecule has 248 valence electrons. The summed E-state index contributed by atoms with van der Waals surface area (Å²) in [5.74, 6) is 0.689. The zero-order chi connectivity index (χ0) is 32.7. The fraction of sp³-hybridized carbons (Fsp3) is 0.514. The second kappa shape index (κ2) is 22.7. The molecule has 0 aromatic heterocycles. The molecule has 0 radical (unpaired) electrons. The largest absolute Gasteiger partial charge is 0.494 e. The van der Waals surface area contributed by atoms with Gasteiger partial charge < -0.3 is 29.2 Å². The van der Waals surface area contributed by atoms with Gasteiger partial charge in [-0.3, -0.25) is 14.5 Å². The molecule has 0 atom stereocenters. The van der Waals surface area contributed by atoms with Crippen LogP contribution in [0, 0.1) is 0 Å². The average molecular weight is 628 g/mol. The Morgan fingerprint density at radius 2 is 1.09 bits per heavy atom. The number of ether oxygens (including phenoxy) is 4. The monoisotopic (exact) mass is 627 g/mol. The summed E-state index contributed by atoms with van der Waals surface area (Å²) in [5.41, 5.74) is 1.55. The molecule has 0 bridgehead atoms. The highest BCUT2D eigenvalue weighted by Gasteiger charge is 2.11. The molecule has 10 nitrogen and oxygen atoms in total. The highest BCUT2D eigenvalue weighted by molar-refractivity contribution is 6.09. The number of carbonyl (C=O) groups is 3. The van der Waals surface area contributed by atoms with E-state index in [9.17, 15) is 14.4 Å². The van der Waals surface area contributed by atoms with Crippen LogP contribution in [0.2, 0.25) is 0 Å². The number of aliphatic hydroxyl groups is 2. The fourth-order valence-corrected chi connectivity index (χ4v) is 4.30. The summed E-state index contributed by atoms with van der Waals surface area (Å²) in [4.78, 5) is 37.9. The number of unbranched alkanes of at least 4 members (excludes halogenated alkanes) is 5. The molecule has 0 saturated heterocycles. The van der Waals surface area contributed by atoms with Gasteiger partial charge in [0.05, 0.1) is 46.1 Å². The van der Waals surface area contributed by atoms with Crippen LogP contribution in [-0.4, -0.2) is 92.1 Å². The lowest BCUT2D eigenvalue weighted by Gasteiger charge is -2.19. The van der Waals surface area contributed by atoms with E-state index in [2.05, 4.69) is 6.58 Å². The quantitative estimate of drug-likeness (QED) is 0.0688. The van der Waals surface area contributed by atoms with Crippen LogP contribution in [-0.2, 0) is 19.1 Å². The summed E-state index contributed by atoms with van der Waals surface area (Å²) in [6.07, 6.45) is 6.22. The maximum atomic E-state index is 12.9. The first-order chi connectivity index (χ1) is 21.8. The Labute approximate surface area is 266 Å². The van der Waals surface area contributed by atoms with Gasteiger partial charge in [-0.05, 0) is 100 Å². The van der Waals surface area contributed by atoms with Crippen molar-refractivity contribution in [1.29, 1.82) is 0 Å². The lowest BCUT2D eigenvalue weighted by Crippen LogP contribution is -2.32. The normalized spacial score (nSPS) is 10.8. The van der Waals surface area contributed by atoms with Crippen LogP contribution >= 0.6 is 0 Å². The number of nitrogens with zero attached hydrogens (tertiary/aromatic N) is 1. The van der Waals surface area contributed by atoms with Crippen LogP contribution in [0.1, 0.15) is 74.2 Å². The minimum absolute atomic E-state index is 0.0146. The Morgan fingerprint density at radius 3 is 1.56 bits per heavy atom. The van der Waals surface area contributed by atoms with Crippen molar-refractivity contribution in [3.63, 3.8) is 0 Å². The topological polar surface area (TPSA) is 132 Å². The van der Waals surface area contributed by atoms with Crippen LogP contribution in [0.5, 0.6) is 11.5 Å². The van der Waals surface area contributed by atoms with Gasteiger partial charge in [0.1, 0.15) is 11.5 Å². The average Bonchev–Trinajstić information content (AvgIpc) is 3.04. The van der Waals surface area contributed by atoms with Gasteiger partial charge in [-0.1, -0.05) is 6.58 Å². The zero-order valence-electron chi connectivity index (χ0n) is 26.5. The summed E-state index contributed by atoms with van der Waals surface area (Å²) >= 11 is 0. The molecule has 2 aromatic carbocycles. The SMILES string of the molecule is C=C(C)C(=O)OCCCCCOc1ccc(C(=O)c2ccc(OCCCCCCOC(=O)CCN(CCO)CCO)cc2)cc1. The molecule has 2 N–H and O–H groups in total. The zero-order valence-corrected chi connectivity index (χ0v) is 26.5. The molecule has 10 heteroatoms. The number of hydrogen-bond acceptors (Lipinski definition) is 10. The third-order valence-corrected chi connectivity index (χ3v) is 6.91. The molecule has 0 aliphatic carbocycles. The predicted octanol–water partition coefficient (Wildman–Crippen LogP) is 4.75. The van der Waals surface area contributed by atoms with Crippen molar-refractivity contribution in [3.05, 3.63) is 71.8 Å². The Hall–Kier alpha value is -3.73. The van der Waals surface area contributed by atoms with Crippen molar-refractivity contribution >= 4 is 17.7 Å². The van der Waals surface area contributed by atoms with Gasteiger partial charge >= 0.3 is 11.9 Å². The summed E-state index contributed by atoms with van der Waals surface area (Å²) in [6, 6.07) is 14.2. The molecule has 0 unspecified atom stereocenters. The number of rotatable bonds is 25. The van der Waals surface area contributed by atoms with Gasteiger partial charge in [-0.15, -0.1) is 0 Å². The van der Waals surface area contributed by atoms with E-state index in [0.29, 0.717) is 74.3 Å². The number of ketones is 1. The van der Waals surface area contributed by atoms with Crippen molar-refractivity contribution in [2.24, 2.45) is 0 Å². The number of aliphatic hydroxyl groups excluding tert-OH is 2. The van der Waals surface area contributed by atoms with Crippen molar-refractivity contribution in [3.8, 4) is 11.5 Å². The molecule has 0 aliphatic heterocycles. The minimum atomic E-state index is -0.362. The van der Waals surface area contributed by atoms with Gasteiger partial charge in [0.25, 0.3) is 0 Å². The van der Waals surface area contributed by atoms with Crippen molar-refractivity contribution < 1.29 is 43.5 Å². The first kappa shape index (κ1) is 37.5. The summed E-state index contributed by atoms with van der Waals surface area (Å²) in [5, 5.41) is 18.0. The molecule has 0 amide bonds. The van der Waals surface area contributed by atoms with E-state index < -0.39 is 0 Å². The maximum absolute atomic E-state index is 12.9. The second-order valence-electron chi connectivity index (χ2n) is 10.7. The number of benzene rings is 2.